The summed E-state index contributed by atoms with van der Waals surface area (Å²) in [6.07, 6.45) is 1.89. The van der Waals surface area contributed by atoms with Gasteiger partial charge in [-0.3, -0.25) is 4.68 Å². The highest BCUT2D eigenvalue weighted by molar-refractivity contribution is 6.62. The van der Waals surface area contributed by atoms with Gasteiger partial charge in [0.1, 0.15) is 0 Å². The van der Waals surface area contributed by atoms with Crippen molar-refractivity contribution in [2.75, 3.05) is 0 Å². The topological polar surface area (TPSA) is 36.3 Å². The van der Waals surface area contributed by atoms with Crippen molar-refractivity contribution in [2.45, 2.75) is 45.8 Å². The van der Waals surface area contributed by atoms with Crippen molar-refractivity contribution in [2.24, 2.45) is 7.05 Å². The van der Waals surface area contributed by atoms with Crippen LogP contribution in [0.15, 0.2) is 30.5 Å². The van der Waals surface area contributed by atoms with Crippen LogP contribution in [-0.2, 0) is 16.4 Å². The van der Waals surface area contributed by atoms with E-state index in [-0.39, 0.29) is 18.3 Å². The van der Waals surface area contributed by atoms with Gasteiger partial charge < -0.3 is 9.31 Å². The van der Waals surface area contributed by atoms with Crippen molar-refractivity contribution >= 4 is 12.6 Å². The molecule has 0 spiro atoms. The molecule has 116 valence electrons. The van der Waals surface area contributed by atoms with Crippen LogP contribution in [0.3, 0.4) is 0 Å². The highest BCUT2D eigenvalue weighted by Gasteiger charge is 2.51. The maximum atomic E-state index is 6.14. The van der Waals surface area contributed by atoms with E-state index in [1.54, 1.807) is 0 Å². The lowest BCUT2D eigenvalue weighted by molar-refractivity contribution is 0.00578. The lowest BCUT2D eigenvalue weighted by atomic mass is 9.78. The summed E-state index contributed by atoms with van der Waals surface area (Å²) in [6, 6.07) is 8.32. The standard InChI is InChI=1S/C17H23BN2O2/c1-12-11-19-20(6)15(12)13-8-7-9-14(10-13)18-21-16(2,3)17(4,5)22-18/h7-11H,1-6H3. The van der Waals surface area contributed by atoms with Gasteiger partial charge in [0.15, 0.2) is 0 Å². The molecule has 0 saturated carbocycles. The average Bonchev–Trinajstić information content (AvgIpc) is 2.87. The van der Waals surface area contributed by atoms with E-state index in [4.69, 9.17) is 9.31 Å². The molecule has 22 heavy (non-hydrogen) atoms. The summed E-state index contributed by atoms with van der Waals surface area (Å²) in [7, 11) is 1.63. The molecule has 4 nitrogen and oxygen atoms in total. The third-order valence-corrected chi connectivity index (χ3v) is 4.81. The Kier molecular flexibility index (Phi) is 3.46. The Labute approximate surface area is 132 Å². The van der Waals surface area contributed by atoms with Crippen LogP contribution in [0.1, 0.15) is 33.3 Å². The minimum absolute atomic E-state index is 0.323. The molecule has 0 N–H and O–H groups in total. The Morgan fingerprint density at radius 1 is 1.09 bits per heavy atom. The number of hydrogen-bond acceptors (Lipinski definition) is 3. The second-order valence-corrected chi connectivity index (χ2v) is 7.01. The first-order valence-electron chi connectivity index (χ1n) is 7.66. The van der Waals surface area contributed by atoms with E-state index in [1.165, 1.54) is 0 Å². The maximum absolute atomic E-state index is 6.14. The van der Waals surface area contributed by atoms with Gasteiger partial charge in [-0.15, -0.1) is 0 Å². The number of hydrogen-bond donors (Lipinski definition) is 0. The van der Waals surface area contributed by atoms with Crippen LogP contribution < -0.4 is 5.46 Å². The minimum Gasteiger partial charge on any atom is -0.399 e. The largest absolute Gasteiger partial charge is 0.494 e. The highest BCUT2D eigenvalue weighted by Crippen LogP contribution is 2.36. The van der Waals surface area contributed by atoms with E-state index in [0.717, 1.165) is 22.3 Å². The third-order valence-electron chi connectivity index (χ3n) is 4.81. The molecular weight excluding hydrogens is 275 g/mol. The summed E-state index contributed by atoms with van der Waals surface area (Å²) < 4.78 is 14.2. The molecule has 3 rings (SSSR count). The maximum Gasteiger partial charge on any atom is 0.494 e. The molecule has 1 aromatic carbocycles. The number of rotatable bonds is 2. The van der Waals surface area contributed by atoms with E-state index in [2.05, 4.69) is 57.9 Å². The van der Waals surface area contributed by atoms with Crippen LogP contribution in [-0.4, -0.2) is 28.1 Å². The molecule has 2 heterocycles. The molecule has 0 atom stereocenters. The van der Waals surface area contributed by atoms with Crippen LogP contribution in [0.2, 0.25) is 0 Å². The van der Waals surface area contributed by atoms with Gasteiger partial charge in [0.2, 0.25) is 0 Å². The van der Waals surface area contributed by atoms with Crippen LogP contribution in [0, 0.1) is 6.92 Å². The van der Waals surface area contributed by atoms with Crippen molar-refractivity contribution in [1.29, 1.82) is 0 Å². The molecule has 0 radical (unpaired) electrons. The van der Waals surface area contributed by atoms with Gasteiger partial charge in [-0.1, -0.05) is 24.3 Å². The average molecular weight is 298 g/mol. The summed E-state index contributed by atoms with van der Waals surface area (Å²) in [5.41, 5.74) is 3.81. The van der Waals surface area contributed by atoms with Gasteiger partial charge in [0, 0.05) is 7.05 Å². The summed E-state index contributed by atoms with van der Waals surface area (Å²) in [5, 5.41) is 4.32. The molecular formula is C17H23BN2O2. The lowest BCUT2D eigenvalue weighted by Crippen LogP contribution is -2.41. The van der Waals surface area contributed by atoms with Crippen LogP contribution in [0.4, 0.5) is 0 Å². The number of aryl methyl sites for hydroxylation is 2. The van der Waals surface area contributed by atoms with Gasteiger partial charge in [-0.2, -0.15) is 5.10 Å². The quantitative estimate of drug-likeness (QED) is 0.800. The van der Waals surface area contributed by atoms with Gasteiger partial charge in [0.05, 0.1) is 23.1 Å². The summed E-state index contributed by atoms with van der Waals surface area (Å²) in [6.45, 7) is 10.4. The van der Waals surface area contributed by atoms with Gasteiger partial charge in [0.25, 0.3) is 0 Å². The van der Waals surface area contributed by atoms with E-state index in [0.29, 0.717) is 0 Å². The molecule has 1 aromatic heterocycles. The van der Waals surface area contributed by atoms with Gasteiger partial charge in [-0.05, 0) is 51.2 Å². The molecule has 1 saturated heterocycles. The fourth-order valence-corrected chi connectivity index (χ4v) is 2.77. The van der Waals surface area contributed by atoms with Crippen molar-refractivity contribution in [3.8, 4) is 11.3 Å². The van der Waals surface area contributed by atoms with Crippen LogP contribution >= 0.6 is 0 Å². The van der Waals surface area contributed by atoms with E-state index in [1.807, 2.05) is 24.0 Å². The molecule has 0 amide bonds. The van der Waals surface area contributed by atoms with Crippen molar-refractivity contribution < 1.29 is 9.31 Å². The number of aromatic nitrogens is 2. The van der Waals surface area contributed by atoms with E-state index in [9.17, 15) is 0 Å². The molecule has 0 unspecified atom stereocenters. The number of benzene rings is 1. The van der Waals surface area contributed by atoms with Gasteiger partial charge in [-0.25, -0.2) is 0 Å². The Hall–Kier alpha value is -1.59. The number of nitrogens with zero attached hydrogens (tertiary/aromatic N) is 2. The van der Waals surface area contributed by atoms with Gasteiger partial charge >= 0.3 is 7.12 Å². The first-order valence-corrected chi connectivity index (χ1v) is 7.66. The summed E-state index contributed by atoms with van der Waals surface area (Å²) in [5.74, 6) is 0. The van der Waals surface area contributed by atoms with Crippen LogP contribution in [0.25, 0.3) is 11.3 Å². The molecule has 1 aliphatic rings. The Balaban J connectivity index is 1.97. The minimum atomic E-state index is -0.335. The highest BCUT2D eigenvalue weighted by atomic mass is 16.7. The fraction of sp³-hybridized carbons (Fsp3) is 0.471. The fourth-order valence-electron chi connectivity index (χ4n) is 2.77. The summed E-state index contributed by atoms with van der Waals surface area (Å²) >= 11 is 0. The zero-order chi connectivity index (χ0) is 16.1. The molecule has 1 fully saturated rings. The molecule has 1 aliphatic heterocycles. The Bertz CT molecular complexity index is 671. The molecule has 0 bridgehead atoms. The smallest absolute Gasteiger partial charge is 0.399 e. The monoisotopic (exact) mass is 298 g/mol. The van der Waals surface area contributed by atoms with Crippen LogP contribution in [0.5, 0.6) is 0 Å². The first kappa shape index (κ1) is 15.3. The normalized spacial score (nSPS) is 19.6. The Morgan fingerprint density at radius 3 is 2.27 bits per heavy atom. The van der Waals surface area contributed by atoms with E-state index >= 15 is 0 Å². The zero-order valence-corrected chi connectivity index (χ0v) is 14.2. The predicted octanol–water partition coefficient (Wildman–Crippen LogP) is 2.69. The van der Waals surface area contributed by atoms with E-state index < -0.39 is 0 Å². The zero-order valence-electron chi connectivity index (χ0n) is 14.2. The first-order chi connectivity index (χ1) is 10.2. The molecule has 0 aliphatic carbocycles. The van der Waals surface area contributed by atoms with Crippen molar-refractivity contribution in [3.63, 3.8) is 0 Å². The summed E-state index contributed by atoms with van der Waals surface area (Å²) in [4.78, 5) is 0. The van der Waals surface area contributed by atoms with Crippen molar-refractivity contribution in [1.82, 2.24) is 9.78 Å². The second-order valence-electron chi connectivity index (χ2n) is 7.01. The third kappa shape index (κ3) is 2.38. The lowest BCUT2D eigenvalue weighted by Gasteiger charge is -2.32. The molecule has 2 aromatic rings. The van der Waals surface area contributed by atoms with Crippen molar-refractivity contribution in [3.05, 3.63) is 36.0 Å². The SMILES string of the molecule is Cc1cnn(C)c1-c1cccc(B2OC(C)(C)C(C)(C)O2)c1. The second kappa shape index (κ2) is 4.96. The molecule has 5 heteroatoms. The predicted molar refractivity (Wildman–Crippen MR) is 89.1 cm³/mol. The Morgan fingerprint density at radius 2 is 1.73 bits per heavy atom.